The van der Waals surface area contributed by atoms with E-state index in [9.17, 15) is 0 Å². The highest BCUT2D eigenvalue weighted by Gasteiger charge is 2.20. The molecule has 0 radical (unpaired) electrons. The summed E-state index contributed by atoms with van der Waals surface area (Å²) in [6.45, 7) is 3.88. The van der Waals surface area contributed by atoms with E-state index in [2.05, 4.69) is 25.4 Å². The zero-order valence-electron chi connectivity index (χ0n) is 12.2. The molecule has 0 aliphatic carbocycles. The molecule has 1 saturated heterocycles. The number of nitrogens with one attached hydrogen (secondary N) is 2. The molecule has 1 aliphatic rings. The standard InChI is InChI=1S/C15H19Cl2N5/c16-13-2-1-12(7-14(13)17)9-18-8-11-3-5-22(6-4-11)15-19-10-20-21-15/h1-2,7,10-11,18H,3-6,8-9H2,(H,19,20,21). The maximum atomic E-state index is 6.03. The van der Waals surface area contributed by atoms with Crippen LogP contribution in [0.2, 0.25) is 10.0 Å². The number of rotatable bonds is 5. The summed E-state index contributed by atoms with van der Waals surface area (Å²) in [4.78, 5) is 6.45. The van der Waals surface area contributed by atoms with Gasteiger partial charge in [0, 0.05) is 19.6 Å². The Kier molecular flexibility index (Phi) is 5.18. The second kappa shape index (κ2) is 7.31. The summed E-state index contributed by atoms with van der Waals surface area (Å²) in [5.41, 5.74) is 1.16. The Balaban J connectivity index is 1.41. The first-order chi connectivity index (χ1) is 10.7. The summed E-state index contributed by atoms with van der Waals surface area (Å²) < 4.78 is 0. The van der Waals surface area contributed by atoms with Gasteiger partial charge in [0.1, 0.15) is 6.33 Å². The van der Waals surface area contributed by atoms with Crippen LogP contribution in [-0.2, 0) is 6.54 Å². The molecule has 2 aromatic rings. The second-order valence-electron chi connectivity index (χ2n) is 5.62. The zero-order valence-corrected chi connectivity index (χ0v) is 13.7. The van der Waals surface area contributed by atoms with Crippen molar-refractivity contribution in [1.82, 2.24) is 20.5 Å². The van der Waals surface area contributed by atoms with Gasteiger partial charge in [-0.05, 0) is 43.0 Å². The van der Waals surface area contributed by atoms with Gasteiger partial charge in [-0.2, -0.15) is 10.1 Å². The van der Waals surface area contributed by atoms with Crippen LogP contribution >= 0.6 is 23.2 Å². The van der Waals surface area contributed by atoms with Gasteiger partial charge in [0.2, 0.25) is 5.95 Å². The maximum Gasteiger partial charge on any atom is 0.221 e. The number of halogens is 2. The lowest BCUT2D eigenvalue weighted by Gasteiger charge is -2.31. The van der Waals surface area contributed by atoms with Gasteiger partial charge in [-0.15, -0.1) is 0 Å². The number of piperidine rings is 1. The average molecular weight is 340 g/mol. The predicted octanol–water partition coefficient (Wildman–Crippen LogP) is 3.12. The van der Waals surface area contributed by atoms with E-state index in [1.165, 1.54) is 0 Å². The third-order valence-electron chi connectivity index (χ3n) is 4.06. The lowest BCUT2D eigenvalue weighted by atomic mass is 9.97. The number of H-pyrrole nitrogens is 1. The molecule has 1 aromatic heterocycles. The molecule has 1 fully saturated rings. The fourth-order valence-corrected chi connectivity index (χ4v) is 3.09. The first-order valence-electron chi connectivity index (χ1n) is 7.47. The average Bonchev–Trinajstić information content (AvgIpc) is 3.06. The third-order valence-corrected chi connectivity index (χ3v) is 4.80. The molecule has 0 bridgehead atoms. The molecule has 3 rings (SSSR count). The molecule has 0 atom stereocenters. The summed E-state index contributed by atoms with van der Waals surface area (Å²) in [6.07, 6.45) is 3.88. The Labute approximate surface area is 140 Å². The quantitative estimate of drug-likeness (QED) is 0.878. The minimum Gasteiger partial charge on any atom is -0.341 e. The Bertz CT molecular complexity index is 594. The molecule has 0 spiro atoms. The topological polar surface area (TPSA) is 56.8 Å². The molecule has 5 nitrogen and oxygen atoms in total. The first-order valence-corrected chi connectivity index (χ1v) is 8.23. The van der Waals surface area contributed by atoms with Gasteiger partial charge in [-0.1, -0.05) is 29.3 Å². The Morgan fingerprint density at radius 1 is 1.23 bits per heavy atom. The normalized spacial score (nSPS) is 16.2. The van der Waals surface area contributed by atoms with E-state index >= 15 is 0 Å². The fourth-order valence-electron chi connectivity index (χ4n) is 2.77. The highest BCUT2D eigenvalue weighted by molar-refractivity contribution is 6.42. The molecule has 0 unspecified atom stereocenters. The van der Waals surface area contributed by atoms with Crippen LogP contribution < -0.4 is 10.2 Å². The van der Waals surface area contributed by atoms with Gasteiger partial charge in [-0.3, -0.25) is 0 Å². The van der Waals surface area contributed by atoms with E-state index in [-0.39, 0.29) is 0 Å². The first kappa shape index (κ1) is 15.6. The lowest BCUT2D eigenvalue weighted by Crippen LogP contribution is -2.37. The Morgan fingerprint density at radius 2 is 2.05 bits per heavy atom. The van der Waals surface area contributed by atoms with Crippen LogP contribution in [0.4, 0.5) is 5.95 Å². The van der Waals surface area contributed by atoms with Crippen LogP contribution in [0.25, 0.3) is 0 Å². The maximum absolute atomic E-state index is 6.03. The van der Waals surface area contributed by atoms with Crippen molar-refractivity contribution in [2.75, 3.05) is 24.5 Å². The number of benzene rings is 1. The van der Waals surface area contributed by atoms with E-state index in [4.69, 9.17) is 23.2 Å². The van der Waals surface area contributed by atoms with Crippen molar-refractivity contribution in [3.63, 3.8) is 0 Å². The monoisotopic (exact) mass is 339 g/mol. The van der Waals surface area contributed by atoms with Gasteiger partial charge in [0.25, 0.3) is 0 Å². The number of hydrogen-bond donors (Lipinski definition) is 2. The number of nitrogens with zero attached hydrogens (tertiary/aromatic N) is 3. The van der Waals surface area contributed by atoms with Gasteiger partial charge < -0.3 is 10.2 Å². The Morgan fingerprint density at radius 3 is 2.73 bits per heavy atom. The van der Waals surface area contributed by atoms with Crippen molar-refractivity contribution >= 4 is 29.2 Å². The SMILES string of the molecule is Clc1ccc(CNCC2CCN(c3ncn[nH]3)CC2)cc1Cl. The minimum absolute atomic E-state index is 0.602. The van der Waals surface area contributed by atoms with Crippen LogP contribution in [0, 0.1) is 5.92 Å². The molecule has 1 aliphatic heterocycles. The second-order valence-corrected chi connectivity index (χ2v) is 6.43. The van der Waals surface area contributed by atoms with Gasteiger partial charge in [0.05, 0.1) is 10.0 Å². The molecule has 118 valence electrons. The summed E-state index contributed by atoms with van der Waals surface area (Å²) in [6, 6.07) is 5.77. The van der Waals surface area contributed by atoms with Crippen molar-refractivity contribution in [3.8, 4) is 0 Å². The van der Waals surface area contributed by atoms with Crippen molar-refractivity contribution in [1.29, 1.82) is 0 Å². The number of hydrogen-bond acceptors (Lipinski definition) is 4. The van der Waals surface area contributed by atoms with Gasteiger partial charge in [-0.25, -0.2) is 5.10 Å². The van der Waals surface area contributed by atoms with E-state index in [0.29, 0.717) is 16.0 Å². The lowest BCUT2D eigenvalue weighted by molar-refractivity contribution is 0.380. The summed E-state index contributed by atoms with van der Waals surface area (Å²) in [7, 11) is 0. The molecular formula is C15H19Cl2N5. The summed E-state index contributed by atoms with van der Waals surface area (Å²) >= 11 is 12.0. The molecule has 0 amide bonds. The molecule has 1 aromatic carbocycles. The number of aromatic nitrogens is 3. The molecule has 7 heteroatoms. The van der Waals surface area contributed by atoms with Crippen LogP contribution in [0.1, 0.15) is 18.4 Å². The highest BCUT2D eigenvalue weighted by atomic mass is 35.5. The van der Waals surface area contributed by atoms with Gasteiger partial charge >= 0.3 is 0 Å². The van der Waals surface area contributed by atoms with Crippen molar-refractivity contribution in [3.05, 3.63) is 40.1 Å². The van der Waals surface area contributed by atoms with Crippen molar-refractivity contribution in [2.24, 2.45) is 5.92 Å². The zero-order chi connectivity index (χ0) is 15.4. The third kappa shape index (κ3) is 3.91. The van der Waals surface area contributed by atoms with Crippen LogP contribution in [-0.4, -0.2) is 34.8 Å². The molecule has 2 heterocycles. The van der Waals surface area contributed by atoms with Crippen molar-refractivity contribution in [2.45, 2.75) is 19.4 Å². The molecular weight excluding hydrogens is 321 g/mol. The molecule has 2 N–H and O–H groups in total. The van der Waals surface area contributed by atoms with E-state index in [1.54, 1.807) is 6.33 Å². The smallest absolute Gasteiger partial charge is 0.221 e. The van der Waals surface area contributed by atoms with Gasteiger partial charge in [0.15, 0.2) is 0 Å². The summed E-state index contributed by atoms with van der Waals surface area (Å²) in [5.74, 6) is 1.57. The van der Waals surface area contributed by atoms with Crippen LogP contribution in [0.5, 0.6) is 0 Å². The molecule has 0 saturated carbocycles. The molecule has 22 heavy (non-hydrogen) atoms. The number of anilines is 1. The van der Waals surface area contributed by atoms with E-state index in [0.717, 1.165) is 50.5 Å². The highest BCUT2D eigenvalue weighted by Crippen LogP contribution is 2.23. The minimum atomic E-state index is 0.602. The van der Waals surface area contributed by atoms with Crippen LogP contribution in [0.15, 0.2) is 24.5 Å². The fraction of sp³-hybridized carbons (Fsp3) is 0.467. The van der Waals surface area contributed by atoms with E-state index in [1.807, 2.05) is 18.2 Å². The largest absolute Gasteiger partial charge is 0.341 e. The Hall–Kier alpha value is -1.30. The number of aromatic amines is 1. The van der Waals surface area contributed by atoms with E-state index < -0.39 is 0 Å². The predicted molar refractivity (Wildman–Crippen MR) is 89.5 cm³/mol. The summed E-state index contributed by atoms with van der Waals surface area (Å²) in [5, 5.41) is 11.6. The van der Waals surface area contributed by atoms with Crippen LogP contribution in [0.3, 0.4) is 0 Å². The van der Waals surface area contributed by atoms with Crippen molar-refractivity contribution < 1.29 is 0 Å².